The molecule has 0 rings (SSSR count). The second-order valence-corrected chi connectivity index (χ2v) is 13.1. The third kappa shape index (κ3) is 33.4. The quantitative estimate of drug-likeness (QED) is 0.0321. The maximum Gasteiger partial charge on any atom is 0.469 e. The van der Waals surface area contributed by atoms with Crippen molar-refractivity contribution in [2.24, 2.45) is 0 Å². The van der Waals surface area contributed by atoms with E-state index in [0.717, 1.165) is 64.2 Å². The molecule has 258 valence electrons. The van der Waals surface area contributed by atoms with Crippen molar-refractivity contribution < 1.29 is 37.9 Å². The van der Waals surface area contributed by atoms with Crippen LogP contribution in [0.15, 0.2) is 24.3 Å². The van der Waals surface area contributed by atoms with Crippen molar-refractivity contribution in [1.29, 1.82) is 0 Å². The Balaban J connectivity index is 4.00. The van der Waals surface area contributed by atoms with Gasteiger partial charge in [-0.15, -0.1) is 0 Å². The highest BCUT2D eigenvalue weighted by molar-refractivity contribution is 7.46. The number of rotatable bonds is 32. The lowest BCUT2D eigenvalue weighted by atomic mass is 10.1. The Morgan fingerprint density at radius 1 is 0.568 bits per heavy atom. The van der Waals surface area contributed by atoms with Crippen molar-refractivity contribution in [2.45, 2.75) is 174 Å². The molecule has 9 heteroatoms. The molecule has 8 nitrogen and oxygen atoms in total. The van der Waals surface area contributed by atoms with Gasteiger partial charge >= 0.3 is 19.8 Å². The van der Waals surface area contributed by atoms with Crippen LogP contribution >= 0.6 is 7.82 Å². The fourth-order valence-corrected chi connectivity index (χ4v) is 5.12. The van der Waals surface area contributed by atoms with Crippen molar-refractivity contribution in [1.82, 2.24) is 0 Å². The van der Waals surface area contributed by atoms with Crippen molar-refractivity contribution in [3.8, 4) is 0 Å². The van der Waals surface area contributed by atoms with E-state index in [4.69, 9.17) is 19.3 Å². The average molecular weight is 645 g/mol. The summed E-state index contributed by atoms with van der Waals surface area (Å²) in [6.45, 7) is 3.60. The maximum absolute atomic E-state index is 12.3. The van der Waals surface area contributed by atoms with E-state index in [0.29, 0.717) is 12.8 Å². The molecule has 0 fully saturated rings. The molecule has 0 saturated carbocycles. The minimum Gasteiger partial charge on any atom is -0.462 e. The summed E-state index contributed by atoms with van der Waals surface area (Å²) in [6, 6.07) is 0. The Bertz CT molecular complexity index is 777. The Morgan fingerprint density at radius 2 is 0.977 bits per heavy atom. The molecule has 0 aliphatic rings. The average Bonchev–Trinajstić information content (AvgIpc) is 2.98. The summed E-state index contributed by atoms with van der Waals surface area (Å²) in [5.74, 6) is -0.901. The van der Waals surface area contributed by atoms with Crippen LogP contribution in [-0.2, 0) is 28.2 Å². The van der Waals surface area contributed by atoms with Crippen molar-refractivity contribution in [3.63, 3.8) is 0 Å². The first-order chi connectivity index (χ1) is 21.3. The van der Waals surface area contributed by atoms with Gasteiger partial charge in [-0.3, -0.25) is 14.1 Å². The lowest BCUT2D eigenvalue weighted by Crippen LogP contribution is -2.29. The molecule has 0 amide bonds. The van der Waals surface area contributed by atoms with Crippen LogP contribution in [0, 0.1) is 0 Å². The number of hydrogen-bond donors (Lipinski definition) is 2. The van der Waals surface area contributed by atoms with Crippen molar-refractivity contribution in [3.05, 3.63) is 24.3 Å². The number of esters is 2. The highest BCUT2D eigenvalue weighted by Gasteiger charge is 2.22. The normalized spacial score (nSPS) is 12.7. The number of carbonyl (C=O) groups excluding carboxylic acids is 2. The Kier molecular flexibility index (Phi) is 30.5. The molecular formula is C35H65O8P. The van der Waals surface area contributed by atoms with Gasteiger partial charge in [-0.2, -0.15) is 0 Å². The molecule has 2 N–H and O–H groups in total. The summed E-state index contributed by atoms with van der Waals surface area (Å²) in [5, 5.41) is 0. The van der Waals surface area contributed by atoms with Gasteiger partial charge < -0.3 is 19.3 Å². The molecule has 0 heterocycles. The van der Waals surface area contributed by atoms with Gasteiger partial charge in [0.25, 0.3) is 0 Å². The molecule has 0 spiro atoms. The molecular weight excluding hydrogens is 579 g/mol. The number of allylic oxidation sites excluding steroid dienone is 4. The number of unbranched alkanes of at least 4 members (excludes halogenated alkanes) is 18. The van der Waals surface area contributed by atoms with E-state index in [2.05, 4.69) is 42.7 Å². The fraction of sp³-hybridized carbons (Fsp3) is 0.829. The summed E-state index contributed by atoms with van der Waals surface area (Å²) in [4.78, 5) is 42.5. The topological polar surface area (TPSA) is 119 Å². The first kappa shape index (κ1) is 42.5. The van der Waals surface area contributed by atoms with Crippen LogP contribution in [0.3, 0.4) is 0 Å². The summed E-state index contributed by atoms with van der Waals surface area (Å²) in [7, 11) is -4.74. The van der Waals surface area contributed by atoms with Gasteiger partial charge in [0.2, 0.25) is 0 Å². The second-order valence-electron chi connectivity index (χ2n) is 11.8. The highest BCUT2D eigenvalue weighted by Crippen LogP contribution is 2.36. The van der Waals surface area contributed by atoms with Gasteiger partial charge in [0.1, 0.15) is 6.61 Å². The lowest BCUT2D eigenvalue weighted by Gasteiger charge is -2.18. The lowest BCUT2D eigenvalue weighted by molar-refractivity contribution is -0.161. The van der Waals surface area contributed by atoms with E-state index in [1.807, 2.05) is 0 Å². The van der Waals surface area contributed by atoms with Gasteiger partial charge in [-0.1, -0.05) is 122 Å². The van der Waals surface area contributed by atoms with Crippen LogP contribution in [0.1, 0.15) is 168 Å². The maximum atomic E-state index is 12.3. The third-order valence-electron chi connectivity index (χ3n) is 7.44. The minimum absolute atomic E-state index is 0.206. The molecule has 0 aromatic carbocycles. The smallest absolute Gasteiger partial charge is 0.462 e. The number of ether oxygens (including phenoxy) is 2. The zero-order valence-electron chi connectivity index (χ0n) is 28.1. The largest absolute Gasteiger partial charge is 0.469 e. The first-order valence-corrected chi connectivity index (χ1v) is 19.2. The predicted molar refractivity (Wildman–Crippen MR) is 179 cm³/mol. The molecule has 0 aliphatic heterocycles. The molecule has 0 radical (unpaired) electrons. The number of phosphoric acid groups is 1. The van der Waals surface area contributed by atoms with Gasteiger partial charge in [0.15, 0.2) is 6.10 Å². The van der Waals surface area contributed by atoms with Gasteiger partial charge in [0.05, 0.1) is 6.61 Å². The van der Waals surface area contributed by atoms with Gasteiger partial charge in [-0.05, 0) is 57.8 Å². The van der Waals surface area contributed by atoms with Crippen LogP contribution < -0.4 is 0 Å². The molecule has 0 aromatic heterocycles. The Labute approximate surface area is 269 Å². The summed E-state index contributed by atoms with van der Waals surface area (Å²) >= 11 is 0. The predicted octanol–water partition coefficient (Wildman–Crippen LogP) is 10.1. The van der Waals surface area contributed by atoms with Crippen molar-refractivity contribution in [2.75, 3.05) is 13.2 Å². The number of hydrogen-bond acceptors (Lipinski definition) is 6. The zero-order valence-corrected chi connectivity index (χ0v) is 29.0. The standard InChI is InChI=1S/C35H65O8P/c1-3-5-7-9-11-13-15-16-17-18-20-22-24-26-28-30-35(37)43-33(32-42-44(38,39)40)31-41-34(36)29-27-25-23-21-19-14-12-10-8-6-4-2/h10,12-13,15,33H,3-9,11,14,16-32H2,1-2H3,(H2,38,39,40)/b12-10+,15-13+/t33-/m1/s1. The van der Waals surface area contributed by atoms with Gasteiger partial charge in [0, 0.05) is 12.8 Å². The molecule has 0 aliphatic carbocycles. The number of carbonyl (C=O) groups is 2. The SMILES string of the molecule is CCCC/C=C/CCCCCCCC(=O)OC[C@H](COP(=O)(O)O)OC(=O)CCCCCCCCC/C=C/CCCCCC. The molecule has 44 heavy (non-hydrogen) atoms. The van der Waals surface area contributed by atoms with E-state index in [-0.39, 0.29) is 19.4 Å². The van der Waals surface area contributed by atoms with Gasteiger partial charge in [-0.25, -0.2) is 4.57 Å². The summed E-state index contributed by atoms with van der Waals surface area (Å²) in [5.41, 5.74) is 0. The van der Waals surface area contributed by atoms with E-state index in [1.54, 1.807) is 0 Å². The van der Waals surface area contributed by atoms with Crippen LogP contribution in [0.4, 0.5) is 0 Å². The Hall–Kier alpha value is -1.47. The van der Waals surface area contributed by atoms with Crippen LogP contribution in [0.5, 0.6) is 0 Å². The zero-order chi connectivity index (χ0) is 32.6. The number of phosphoric ester groups is 1. The second kappa shape index (κ2) is 31.5. The Morgan fingerprint density at radius 3 is 1.45 bits per heavy atom. The molecule has 0 saturated heterocycles. The highest BCUT2D eigenvalue weighted by atomic mass is 31.2. The first-order valence-electron chi connectivity index (χ1n) is 17.6. The van der Waals surface area contributed by atoms with Crippen molar-refractivity contribution >= 4 is 19.8 Å². The molecule has 0 bridgehead atoms. The van der Waals surface area contributed by atoms with Crippen LogP contribution in [0.2, 0.25) is 0 Å². The van der Waals surface area contributed by atoms with E-state index in [1.165, 1.54) is 64.2 Å². The fourth-order valence-electron chi connectivity index (χ4n) is 4.76. The summed E-state index contributed by atoms with van der Waals surface area (Å²) < 4.78 is 26.2. The summed E-state index contributed by atoms with van der Waals surface area (Å²) in [6.07, 6.45) is 33.3. The van der Waals surface area contributed by atoms with Crippen LogP contribution in [-0.4, -0.2) is 41.0 Å². The monoisotopic (exact) mass is 644 g/mol. The van der Waals surface area contributed by atoms with Crippen LogP contribution in [0.25, 0.3) is 0 Å². The third-order valence-corrected chi connectivity index (χ3v) is 7.93. The van der Waals surface area contributed by atoms with E-state index < -0.39 is 32.5 Å². The van der Waals surface area contributed by atoms with E-state index >= 15 is 0 Å². The molecule has 0 aromatic rings. The molecule has 1 atom stereocenters. The molecule has 0 unspecified atom stereocenters. The van der Waals surface area contributed by atoms with E-state index in [9.17, 15) is 14.2 Å². The minimum atomic E-state index is -4.74.